The first kappa shape index (κ1) is 19.8. The lowest BCUT2D eigenvalue weighted by atomic mass is 10.3. The molecular formula is C18H30N4O2. The second kappa shape index (κ2) is 10.5. The van der Waals surface area contributed by atoms with E-state index in [1.54, 1.807) is 6.26 Å². The topological polar surface area (TPSA) is 61.1 Å². The Morgan fingerprint density at radius 3 is 2.62 bits per heavy atom. The Balaban J connectivity index is 2.64. The molecule has 1 aromatic heterocycles. The van der Waals surface area contributed by atoms with Gasteiger partial charge in [0.25, 0.3) is 0 Å². The number of guanidine groups is 1. The molecule has 24 heavy (non-hydrogen) atoms. The Kier molecular flexibility index (Phi) is 8.68. The van der Waals surface area contributed by atoms with E-state index in [0.29, 0.717) is 38.7 Å². The maximum atomic E-state index is 12.3. The average molecular weight is 334 g/mol. The third-order valence-corrected chi connectivity index (χ3v) is 3.58. The Morgan fingerprint density at radius 1 is 1.38 bits per heavy atom. The highest BCUT2D eigenvalue weighted by Gasteiger charge is 2.15. The maximum Gasteiger partial charge on any atom is 0.242 e. The summed E-state index contributed by atoms with van der Waals surface area (Å²) in [5.74, 6) is 1.71. The molecule has 0 unspecified atom stereocenters. The summed E-state index contributed by atoms with van der Waals surface area (Å²) in [6.07, 6.45) is 2.43. The largest absolute Gasteiger partial charge is 0.469 e. The van der Waals surface area contributed by atoms with Crippen molar-refractivity contribution in [2.24, 2.45) is 4.99 Å². The number of nitrogens with one attached hydrogen (secondary N) is 1. The number of carbonyl (C=O) groups excluding carboxylic acids is 1. The fourth-order valence-electron chi connectivity index (χ4n) is 2.23. The normalized spacial score (nSPS) is 11.2. The van der Waals surface area contributed by atoms with Crippen LogP contribution in [0.2, 0.25) is 0 Å². The molecular weight excluding hydrogens is 304 g/mol. The van der Waals surface area contributed by atoms with E-state index in [-0.39, 0.29) is 5.91 Å². The molecule has 0 radical (unpaired) electrons. The predicted octanol–water partition coefficient (Wildman–Crippen LogP) is 2.14. The van der Waals surface area contributed by atoms with Gasteiger partial charge in [0.05, 0.1) is 19.4 Å². The van der Waals surface area contributed by atoms with Crippen LogP contribution in [0.15, 0.2) is 40.0 Å². The van der Waals surface area contributed by atoms with Crippen molar-refractivity contribution in [2.45, 2.75) is 27.2 Å². The molecule has 1 heterocycles. The highest BCUT2D eigenvalue weighted by molar-refractivity contribution is 5.86. The van der Waals surface area contributed by atoms with E-state index in [2.05, 4.69) is 16.9 Å². The molecule has 6 heteroatoms. The van der Waals surface area contributed by atoms with Crippen molar-refractivity contribution in [1.82, 2.24) is 15.1 Å². The van der Waals surface area contributed by atoms with Crippen LogP contribution in [0.3, 0.4) is 0 Å². The lowest BCUT2D eigenvalue weighted by Gasteiger charge is -2.26. The van der Waals surface area contributed by atoms with Gasteiger partial charge in [-0.3, -0.25) is 4.79 Å². The summed E-state index contributed by atoms with van der Waals surface area (Å²) >= 11 is 0. The molecule has 134 valence electrons. The Hall–Kier alpha value is -2.24. The minimum Gasteiger partial charge on any atom is -0.469 e. The molecule has 0 aliphatic rings. The fraction of sp³-hybridized carbons (Fsp3) is 0.556. The number of furan rings is 1. The summed E-state index contributed by atoms with van der Waals surface area (Å²) in [5.41, 5.74) is 0.976. The lowest BCUT2D eigenvalue weighted by molar-refractivity contribution is -0.131. The summed E-state index contributed by atoms with van der Waals surface area (Å²) in [7, 11) is 1.87. The second-order valence-corrected chi connectivity index (χ2v) is 5.78. The molecule has 0 spiro atoms. The molecule has 0 aromatic carbocycles. The first-order valence-electron chi connectivity index (χ1n) is 8.41. The van der Waals surface area contributed by atoms with Crippen LogP contribution < -0.4 is 5.32 Å². The average Bonchev–Trinajstić information content (AvgIpc) is 3.04. The molecule has 0 aliphatic heterocycles. The number of hydrogen-bond donors (Lipinski definition) is 1. The van der Waals surface area contributed by atoms with Gasteiger partial charge in [-0.05, 0) is 32.9 Å². The van der Waals surface area contributed by atoms with Crippen molar-refractivity contribution >= 4 is 11.9 Å². The zero-order chi connectivity index (χ0) is 17.9. The summed E-state index contributed by atoms with van der Waals surface area (Å²) in [6, 6.07) is 3.82. The van der Waals surface area contributed by atoms with Gasteiger partial charge < -0.3 is 19.5 Å². The van der Waals surface area contributed by atoms with Crippen molar-refractivity contribution < 1.29 is 9.21 Å². The van der Waals surface area contributed by atoms with Crippen molar-refractivity contribution in [3.63, 3.8) is 0 Å². The quantitative estimate of drug-likeness (QED) is 0.427. The van der Waals surface area contributed by atoms with E-state index in [4.69, 9.17) is 4.42 Å². The monoisotopic (exact) mass is 334 g/mol. The van der Waals surface area contributed by atoms with Crippen LogP contribution in [0.1, 0.15) is 26.5 Å². The number of rotatable bonds is 9. The van der Waals surface area contributed by atoms with E-state index in [1.165, 1.54) is 0 Å². The number of carbonyl (C=O) groups is 1. The first-order valence-corrected chi connectivity index (χ1v) is 8.41. The molecule has 0 fully saturated rings. The zero-order valence-corrected chi connectivity index (χ0v) is 15.3. The van der Waals surface area contributed by atoms with Crippen LogP contribution in [0.4, 0.5) is 0 Å². The minimum absolute atomic E-state index is 0.0957. The van der Waals surface area contributed by atoms with Gasteiger partial charge in [0, 0.05) is 33.1 Å². The van der Waals surface area contributed by atoms with Crippen LogP contribution in [0, 0.1) is 0 Å². The number of hydrogen-bond acceptors (Lipinski definition) is 3. The van der Waals surface area contributed by atoms with Gasteiger partial charge in [-0.25, -0.2) is 4.99 Å². The Morgan fingerprint density at radius 2 is 2.08 bits per heavy atom. The van der Waals surface area contributed by atoms with Crippen LogP contribution in [-0.4, -0.2) is 61.4 Å². The molecule has 0 saturated heterocycles. The number of aliphatic imine (C=N–C) groups is 1. The van der Waals surface area contributed by atoms with Crippen LogP contribution >= 0.6 is 0 Å². The van der Waals surface area contributed by atoms with Gasteiger partial charge in [-0.1, -0.05) is 12.2 Å². The molecule has 0 atom stereocenters. The van der Waals surface area contributed by atoms with Crippen molar-refractivity contribution in [3.8, 4) is 0 Å². The first-order chi connectivity index (χ1) is 11.5. The summed E-state index contributed by atoms with van der Waals surface area (Å²) < 4.78 is 5.33. The molecule has 1 N–H and O–H groups in total. The molecule has 1 aromatic rings. The zero-order valence-electron chi connectivity index (χ0n) is 15.3. The highest BCUT2D eigenvalue weighted by atomic mass is 16.3. The van der Waals surface area contributed by atoms with E-state index in [9.17, 15) is 4.79 Å². The third-order valence-electron chi connectivity index (χ3n) is 3.58. The summed E-state index contributed by atoms with van der Waals surface area (Å²) in [6.45, 7) is 12.7. The van der Waals surface area contributed by atoms with Gasteiger partial charge >= 0.3 is 0 Å². The number of amides is 1. The minimum atomic E-state index is 0.0957. The summed E-state index contributed by atoms with van der Waals surface area (Å²) in [5, 5.41) is 3.30. The van der Waals surface area contributed by atoms with Crippen molar-refractivity contribution in [3.05, 3.63) is 36.3 Å². The summed E-state index contributed by atoms with van der Waals surface area (Å²) in [4.78, 5) is 20.5. The Labute approximate surface area is 145 Å². The third kappa shape index (κ3) is 6.89. The molecule has 0 bridgehead atoms. The smallest absolute Gasteiger partial charge is 0.242 e. The van der Waals surface area contributed by atoms with Crippen LogP contribution in [0.25, 0.3) is 0 Å². The fourth-order valence-corrected chi connectivity index (χ4v) is 2.23. The molecule has 1 amide bonds. The predicted molar refractivity (Wildman–Crippen MR) is 98.1 cm³/mol. The molecule has 0 saturated carbocycles. The lowest BCUT2D eigenvalue weighted by Crippen LogP contribution is -2.46. The number of likely N-dealkylation sites (N-methyl/N-ethyl adjacent to an activating group) is 2. The molecule has 0 aliphatic carbocycles. The van der Waals surface area contributed by atoms with E-state index >= 15 is 0 Å². The van der Waals surface area contributed by atoms with Gasteiger partial charge in [0.2, 0.25) is 5.91 Å². The number of nitrogens with zero attached hydrogens (tertiary/aromatic N) is 3. The Bertz CT molecular complexity index is 533. The van der Waals surface area contributed by atoms with Gasteiger partial charge in [-0.2, -0.15) is 0 Å². The van der Waals surface area contributed by atoms with Gasteiger partial charge in [0.15, 0.2) is 5.96 Å². The molecule has 6 nitrogen and oxygen atoms in total. The van der Waals surface area contributed by atoms with Crippen molar-refractivity contribution in [1.29, 1.82) is 0 Å². The van der Waals surface area contributed by atoms with E-state index < -0.39 is 0 Å². The SMILES string of the molecule is C=C(C)CN=C(NCCc1ccco1)N(C)CC(=O)N(CC)CC. The van der Waals surface area contributed by atoms with Crippen LogP contribution in [-0.2, 0) is 11.2 Å². The van der Waals surface area contributed by atoms with E-state index in [0.717, 1.165) is 17.8 Å². The maximum absolute atomic E-state index is 12.3. The standard InChI is InChI=1S/C18H30N4O2/c1-6-22(7-2)17(23)14-21(5)18(20-13-15(3)4)19-11-10-16-9-8-12-24-16/h8-9,12H,3,6-7,10-11,13-14H2,1-2,4-5H3,(H,19,20). The second-order valence-electron chi connectivity index (χ2n) is 5.78. The highest BCUT2D eigenvalue weighted by Crippen LogP contribution is 2.00. The van der Waals surface area contributed by atoms with Crippen LogP contribution in [0.5, 0.6) is 0 Å². The van der Waals surface area contributed by atoms with Gasteiger partial charge in [-0.15, -0.1) is 0 Å². The molecule has 1 rings (SSSR count). The van der Waals surface area contributed by atoms with E-state index in [1.807, 2.05) is 49.8 Å². The van der Waals surface area contributed by atoms with Gasteiger partial charge in [0.1, 0.15) is 5.76 Å². The van der Waals surface area contributed by atoms with Crippen molar-refractivity contribution in [2.75, 3.05) is 39.8 Å².